The van der Waals surface area contributed by atoms with Crippen LogP contribution in [0.15, 0.2) is 24.4 Å². The number of carbonyl (C=O) groups is 2. The maximum absolute atomic E-state index is 14.4. The van der Waals surface area contributed by atoms with Crippen LogP contribution in [0.5, 0.6) is 0 Å². The lowest BCUT2D eigenvalue weighted by Crippen LogP contribution is -2.31. The first-order chi connectivity index (χ1) is 18.4. The molecule has 210 valence electrons. The number of carbonyl (C=O) groups excluding carboxylic acids is 1. The highest BCUT2D eigenvalue weighted by Gasteiger charge is 2.27. The number of carboxylic acids is 1. The van der Waals surface area contributed by atoms with Gasteiger partial charge in [-0.3, -0.25) is 14.2 Å². The third-order valence-corrected chi connectivity index (χ3v) is 7.17. The highest BCUT2D eigenvalue weighted by atomic mass is 19.1. The summed E-state index contributed by atoms with van der Waals surface area (Å²) in [6.07, 6.45) is 7.74. The molecule has 2 fully saturated rings. The number of aromatic nitrogens is 4. The fraction of sp³-hybridized carbons (Fsp3) is 0.519. The zero-order valence-corrected chi connectivity index (χ0v) is 20.8. The van der Waals surface area contributed by atoms with E-state index in [1.165, 1.54) is 18.2 Å². The average molecular weight is 545 g/mol. The molecule has 5 rings (SSSR count). The van der Waals surface area contributed by atoms with Gasteiger partial charge in [-0.2, -0.15) is 4.98 Å². The number of esters is 1. The van der Waals surface area contributed by atoms with Gasteiger partial charge < -0.3 is 20.5 Å². The predicted octanol–water partition coefficient (Wildman–Crippen LogP) is 5.73. The molecule has 12 heteroatoms. The van der Waals surface area contributed by atoms with Gasteiger partial charge in [0, 0.05) is 12.1 Å². The van der Waals surface area contributed by atoms with Crippen molar-refractivity contribution in [3.05, 3.63) is 36.0 Å². The van der Waals surface area contributed by atoms with E-state index in [9.17, 15) is 18.4 Å². The Hall–Kier alpha value is -3.83. The summed E-state index contributed by atoms with van der Waals surface area (Å²) < 4.78 is 36.1. The zero-order valence-electron chi connectivity index (χ0n) is 20.8. The number of nitrogens with zero attached hydrogens (tertiary/aromatic N) is 4. The van der Waals surface area contributed by atoms with Gasteiger partial charge in [0.25, 0.3) is 0 Å². The average Bonchev–Trinajstić information content (AvgIpc) is 3.53. The number of anilines is 3. The highest BCUT2D eigenvalue weighted by Crippen LogP contribution is 2.36. The molecule has 2 heterocycles. The quantitative estimate of drug-likeness (QED) is 0.289. The highest BCUT2D eigenvalue weighted by molar-refractivity contribution is 5.77. The molecule has 0 atom stereocenters. The number of imidazole rings is 1. The second kappa shape index (κ2) is 12.4. The van der Waals surface area contributed by atoms with Crippen LogP contribution in [0.25, 0.3) is 11.2 Å². The van der Waals surface area contributed by atoms with Crippen molar-refractivity contribution in [1.29, 1.82) is 0 Å². The molecule has 0 radical (unpaired) electrons. The number of halogens is 2. The number of benzene rings is 1. The molecule has 0 unspecified atom stereocenters. The standard InChI is InChI=1S/C26H30F2N6O4.CH4/c27-18-6-3-7-19(28)23(18)32-26-31-20-14-29-25(33-24(20)34(26)16-4-1-2-5-16)30-15-8-10-17(11-9-15)38-22(37)13-12-21(35)36;/h3,6-7,14-17H,1-2,4-5,8-13H2,(H,31,32)(H,35,36)(H,29,30,33);1H4. The Morgan fingerprint density at radius 1 is 1.03 bits per heavy atom. The molecular formula is C27H34F2N6O4. The van der Waals surface area contributed by atoms with Crippen LogP contribution >= 0.6 is 0 Å². The Balaban J connectivity index is 0.00000353. The molecule has 0 bridgehead atoms. The minimum Gasteiger partial charge on any atom is -0.481 e. The maximum atomic E-state index is 14.4. The van der Waals surface area contributed by atoms with E-state index in [2.05, 4.69) is 20.6 Å². The van der Waals surface area contributed by atoms with Crippen LogP contribution in [-0.2, 0) is 14.3 Å². The van der Waals surface area contributed by atoms with Crippen LogP contribution in [0.4, 0.5) is 26.4 Å². The molecule has 1 aromatic carbocycles. The summed E-state index contributed by atoms with van der Waals surface area (Å²) in [5, 5.41) is 14.9. The number of rotatable bonds is 9. The second-order valence-corrected chi connectivity index (χ2v) is 9.87. The molecule has 0 spiro atoms. The van der Waals surface area contributed by atoms with E-state index >= 15 is 0 Å². The van der Waals surface area contributed by atoms with Gasteiger partial charge in [-0.15, -0.1) is 0 Å². The summed E-state index contributed by atoms with van der Waals surface area (Å²) in [5.41, 5.74) is 0.863. The van der Waals surface area contributed by atoms with Crippen molar-refractivity contribution in [2.75, 3.05) is 10.6 Å². The Morgan fingerprint density at radius 3 is 2.38 bits per heavy atom. The number of para-hydroxylation sites is 1. The molecule has 10 nitrogen and oxygen atoms in total. The number of aliphatic carboxylic acids is 1. The number of hydrogen-bond acceptors (Lipinski definition) is 8. The van der Waals surface area contributed by atoms with Crippen molar-refractivity contribution < 1.29 is 28.2 Å². The van der Waals surface area contributed by atoms with Gasteiger partial charge in [0.1, 0.15) is 28.9 Å². The number of ether oxygens (including phenoxy) is 1. The third kappa shape index (κ3) is 6.61. The minimum absolute atomic E-state index is 0. The van der Waals surface area contributed by atoms with Crippen molar-refractivity contribution in [1.82, 2.24) is 19.5 Å². The normalized spacial score (nSPS) is 19.4. The fourth-order valence-corrected chi connectivity index (χ4v) is 5.25. The lowest BCUT2D eigenvalue weighted by atomic mass is 9.93. The first-order valence-electron chi connectivity index (χ1n) is 13.0. The SMILES string of the molecule is C.O=C(O)CCC(=O)OC1CCC(Nc2ncc3nc(Nc4c(F)cccc4F)n(C4CCCC4)c3n2)CC1. The zero-order chi connectivity index (χ0) is 26.6. The second-order valence-electron chi connectivity index (χ2n) is 9.87. The first-order valence-corrected chi connectivity index (χ1v) is 13.0. The molecule has 3 N–H and O–H groups in total. The molecule has 0 saturated heterocycles. The van der Waals surface area contributed by atoms with Crippen LogP contribution in [0.1, 0.15) is 77.7 Å². The molecule has 0 aliphatic heterocycles. The van der Waals surface area contributed by atoms with Gasteiger partial charge >= 0.3 is 11.9 Å². The van der Waals surface area contributed by atoms with Gasteiger partial charge in [-0.05, 0) is 50.7 Å². The molecule has 2 aromatic heterocycles. The van der Waals surface area contributed by atoms with Crippen LogP contribution in [0.2, 0.25) is 0 Å². The van der Waals surface area contributed by atoms with Crippen molar-refractivity contribution in [2.24, 2.45) is 0 Å². The molecule has 2 saturated carbocycles. The lowest BCUT2D eigenvalue weighted by molar-refractivity contribution is -0.153. The topological polar surface area (TPSA) is 131 Å². The predicted molar refractivity (Wildman–Crippen MR) is 142 cm³/mol. The van der Waals surface area contributed by atoms with Crippen LogP contribution in [-0.4, -0.2) is 48.7 Å². The Bertz CT molecular complexity index is 1300. The molecule has 39 heavy (non-hydrogen) atoms. The summed E-state index contributed by atoms with van der Waals surface area (Å²) in [5.74, 6) is -2.16. The van der Waals surface area contributed by atoms with E-state index in [-0.39, 0.29) is 44.1 Å². The monoisotopic (exact) mass is 544 g/mol. The van der Waals surface area contributed by atoms with Crippen molar-refractivity contribution in [3.63, 3.8) is 0 Å². The number of hydrogen-bond donors (Lipinski definition) is 3. The van der Waals surface area contributed by atoms with E-state index < -0.39 is 23.6 Å². The molecular weight excluding hydrogens is 510 g/mol. The van der Waals surface area contributed by atoms with Crippen molar-refractivity contribution in [3.8, 4) is 0 Å². The number of nitrogens with one attached hydrogen (secondary N) is 2. The lowest BCUT2D eigenvalue weighted by Gasteiger charge is -2.28. The Kier molecular flexibility index (Phi) is 8.93. The summed E-state index contributed by atoms with van der Waals surface area (Å²) in [4.78, 5) is 36.2. The van der Waals surface area contributed by atoms with Gasteiger partial charge in [-0.1, -0.05) is 26.3 Å². The maximum Gasteiger partial charge on any atom is 0.306 e. The number of carboxylic acid groups (broad SMARTS) is 1. The Morgan fingerprint density at radius 2 is 1.72 bits per heavy atom. The van der Waals surface area contributed by atoms with Crippen LogP contribution < -0.4 is 10.6 Å². The largest absolute Gasteiger partial charge is 0.481 e. The van der Waals surface area contributed by atoms with Crippen LogP contribution in [0.3, 0.4) is 0 Å². The first kappa shape index (κ1) is 28.2. The smallest absolute Gasteiger partial charge is 0.306 e. The van der Waals surface area contributed by atoms with Gasteiger partial charge in [0.05, 0.1) is 19.0 Å². The summed E-state index contributed by atoms with van der Waals surface area (Å²) in [6.45, 7) is 0. The minimum atomic E-state index is -1.02. The third-order valence-electron chi connectivity index (χ3n) is 7.17. The van der Waals surface area contributed by atoms with E-state index in [1.807, 2.05) is 4.57 Å². The summed E-state index contributed by atoms with van der Waals surface area (Å²) in [6, 6.07) is 3.89. The summed E-state index contributed by atoms with van der Waals surface area (Å²) in [7, 11) is 0. The Labute approximate surface area is 225 Å². The van der Waals surface area contributed by atoms with E-state index in [0.29, 0.717) is 35.9 Å². The molecule has 0 amide bonds. The van der Waals surface area contributed by atoms with Gasteiger partial charge in [0.2, 0.25) is 11.9 Å². The molecule has 2 aliphatic rings. The summed E-state index contributed by atoms with van der Waals surface area (Å²) >= 11 is 0. The van der Waals surface area contributed by atoms with Gasteiger partial charge in [-0.25, -0.2) is 18.7 Å². The molecule has 3 aromatic rings. The molecule has 2 aliphatic carbocycles. The van der Waals surface area contributed by atoms with Crippen LogP contribution in [0, 0.1) is 11.6 Å². The van der Waals surface area contributed by atoms with Crippen molar-refractivity contribution >= 4 is 40.7 Å². The fourth-order valence-electron chi connectivity index (χ4n) is 5.25. The van der Waals surface area contributed by atoms with E-state index in [0.717, 1.165) is 38.5 Å². The number of fused-ring (bicyclic) bond motifs is 1. The van der Waals surface area contributed by atoms with Gasteiger partial charge in [0.15, 0.2) is 5.65 Å². The van der Waals surface area contributed by atoms with E-state index in [1.54, 1.807) is 6.20 Å². The van der Waals surface area contributed by atoms with E-state index in [4.69, 9.17) is 14.8 Å². The van der Waals surface area contributed by atoms with Crippen molar-refractivity contribution in [2.45, 2.75) is 89.8 Å².